The van der Waals surface area contributed by atoms with Crippen LogP contribution in [0.25, 0.3) is 22.6 Å². The number of hydrogen-bond acceptors (Lipinski definition) is 3. The maximum absolute atomic E-state index is 10.8. The van der Waals surface area contributed by atoms with Crippen molar-refractivity contribution in [1.82, 2.24) is 4.57 Å². The molecule has 0 fully saturated rings. The predicted octanol–water partition coefficient (Wildman–Crippen LogP) is 4.56. The monoisotopic (exact) mass is 341 g/mol. The smallest absolute Gasteiger partial charge is 0.269 e. The third-order valence-electron chi connectivity index (χ3n) is 4.33. The summed E-state index contributed by atoms with van der Waals surface area (Å²) >= 11 is 0. The molecule has 26 heavy (non-hydrogen) atoms. The van der Waals surface area contributed by atoms with E-state index in [1.54, 1.807) is 12.1 Å². The maximum Gasteiger partial charge on any atom is 0.269 e. The van der Waals surface area contributed by atoms with Crippen molar-refractivity contribution in [2.75, 3.05) is 0 Å². The first-order valence-corrected chi connectivity index (χ1v) is 7.94. The van der Waals surface area contributed by atoms with E-state index in [9.17, 15) is 15.4 Å². The highest BCUT2D eigenvalue weighted by atomic mass is 16.6. The second-order valence-corrected chi connectivity index (χ2v) is 5.78. The average molecular weight is 341 g/mol. The molecule has 1 heterocycles. The van der Waals surface area contributed by atoms with Crippen LogP contribution >= 0.6 is 0 Å². The summed E-state index contributed by atoms with van der Waals surface area (Å²) < 4.78 is 2.03. The first kappa shape index (κ1) is 17.0. The molecule has 0 bridgehead atoms. The lowest BCUT2D eigenvalue weighted by Crippen LogP contribution is -1.97. The molecule has 0 unspecified atom stereocenters. The van der Waals surface area contributed by atoms with Gasteiger partial charge in [0.2, 0.25) is 0 Å². The van der Waals surface area contributed by atoms with Crippen molar-refractivity contribution in [2.45, 2.75) is 13.5 Å². The van der Waals surface area contributed by atoms with Gasteiger partial charge in [0.05, 0.1) is 23.1 Å². The first-order valence-electron chi connectivity index (χ1n) is 7.94. The number of para-hydroxylation sites is 1. The van der Waals surface area contributed by atoms with Gasteiger partial charge < -0.3 is 4.57 Å². The Morgan fingerprint density at radius 1 is 1.27 bits per heavy atom. The number of nitro benzene ring substituents is 1. The Morgan fingerprint density at radius 2 is 1.96 bits per heavy atom. The molecular weight excluding hydrogens is 326 g/mol. The molecule has 0 N–H and O–H groups in total. The largest absolute Gasteiger partial charge is 0.333 e. The SMILES string of the molecule is C#CCn1c(C)c(/C=C(\C#N)c2ccc([N+](=O)[O-])cc2)c2ccccc21. The number of non-ortho nitro benzene ring substituents is 1. The quantitative estimate of drug-likeness (QED) is 0.302. The molecular formula is C21H15N3O2. The van der Waals surface area contributed by atoms with E-state index in [4.69, 9.17) is 6.42 Å². The van der Waals surface area contributed by atoms with Crippen LogP contribution in [0.5, 0.6) is 0 Å². The second-order valence-electron chi connectivity index (χ2n) is 5.78. The lowest BCUT2D eigenvalue weighted by molar-refractivity contribution is -0.384. The summed E-state index contributed by atoms with van der Waals surface area (Å²) in [6.45, 7) is 2.41. The fourth-order valence-corrected chi connectivity index (χ4v) is 3.02. The molecule has 0 aliphatic carbocycles. The van der Waals surface area contributed by atoms with E-state index in [1.807, 2.05) is 41.8 Å². The maximum atomic E-state index is 10.8. The van der Waals surface area contributed by atoms with Crippen molar-refractivity contribution in [3.63, 3.8) is 0 Å². The molecule has 5 heteroatoms. The minimum absolute atomic E-state index is 0.00663. The van der Waals surface area contributed by atoms with Gasteiger partial charge in [-0.15, -0.1) is 6.42 Å². The summed E-state index contributed by atoms with van der Waals surface area (Å²) in [7, 11) is 0. The number of benzene rings is 2. The Labute approximate surface area is 150 Å². The lowest BCUT2D eigenvalue weighted by Gasteiger charge is -2.03. The first-order chi connectivity index (χ1) is 12.6. The number of allylic oxidation sites excluding steroid dienone is 1. The molecule has 0 aliphatic heterocycles. The molecule has 0 aliphatic rings. The van der Waals surface area contributed by atoms with Crippen LogP contribution in [0.2, 0.25) is 0 Å². The van der Waals surface area contributed by atoms with Crippen LogP contribution in [0.4, 0.5) is 5.69 Å². The molecule has 3 aromatic rings. The highest BCUT2D eigenvalue weighted by molar-refractivity contribution is 5.99. The summed E-state index contributed by atoms with van der Waals surface area (Å²) in [5.74, 6) is 2.66. The molecule has 0 saturated carbocycles. The van der Waals surface area contributed by atoms with Crippen molar-refractivity contribution < 1.29 is 4.92 Å². The molecule has 0 atom stereocenters. The number of nitriles is 1. The molecule has 0 radical (unpaired) electrons. The van der Waals surface area contributed by atoms with Gasteiger partial charge in [-0.2, -0.15) is 5.26 Å². The predicted molar refractivity (Wildman–Crippen MR) is 102 cm³/mol. The molecule has 126 valence electrons. The Balaban J connectivity index is 2.16. The summed E-state index contributed by atoms with van der Waals surface area (Å²) in [5, 5.41) is 21.4. The van der Waals surface area contributed by atoms with Crippen molar-refractivity contribution in [3.05, 3.63) is 75.5 Å². The number of terminal acetylenes is 1. The summed E-state index contributed by atoms with van der Waals surface area (Å²) in [6.07, 6.45) is 7.30. The Morgan fingerprint density at radius 3 is 2.58 bits per heavy atom. The van der Waals surface area contributed by atoms with Crippen LogP contribution in [-0.2, 0) is 6.54 Å². The number of nitro groups is 1. The number of nitrogens with zero attached hydrogens (tertiary/aromatic N) is 3. The average Bonchev–Trinajstić information content (AvgIpc) is 2.92. The Bertz CT molecular complexity index is 1110. The van der Waals surface area contributed by atoms with Crippen LogP contribution in [-0.4, -0.2) is 9.49 Å². The van der Waals surface area contributed by atoms with Gasteiger partial charge in [0, 0.05) is 34.3 Å². The fourth-order valence-electron chi connectivity index (χ4n) is 3.02. The zero-order chi connectivity index (χ0) is 18.7. The van der Waals surface area contributed by atoms with E-state index < -0.39 is 4.92 Å². The van der Waals surface area contributed by atoms with E-state index in [1.165, 1.54) is 12.1 Å². The molecule has 5 nitrogen and oxygen atoms in total. The zero-order valence-electron chi connectivity index (χ0n) is 14.1. The number of rotatable bonds is 4. The van der Waals surface area contributed by atoms with Gasteiger partial charge in [-0.25, -0.2) is 0 Å². The molecule has 0 amide bonds. The molecule has 3 rings (SSSR count). The minimum Gasteiger partial charge on any atom is -0.333 e. The minimum atomic E-state index is -0.461. The third-order valence-corrected chi connectivity index (χ3v) is 4.33. The van der Waals surface area contributed by atoms with Crippen LogP contribution in [0, 0.1) is 40.7 Å². The van der Waals surface area contributed by atoms with Crippen LogP contribution < -0.4 is 0 Å². The number of aromatic nitrogens is 1. The van der Waals surface area contributed by atoms with Gasteiger partial charge in [-0.1, -0.05) is 24.1 Å². The zero-order valence-corrected chi connectivity index (χ0v) is 14.1. The molecule has 1 aromatic heterocycles. The van der Waals surface area contributed by atoms with Gasteiger partial charge in [0.15, 0.2) is 0 Å². The van der Waals surface area contributed by atoms with Crippen molar-refractivity contribution in [2.24, 2.45) is 0 Å². The van der Waals surface area contributed by atoms with Crippen molar-refractivity contribution in [1.29, 1.82) is 5.26 Å². The van der Waals surface area contributed by atoms with Crippen molar-refractivity contribution >= 4 is 28.2 Å². The Hall–Kier alpha value is -3.83. The van der Waals surface area contributed by atoms with E-state index >= 15 is 0 Å². The van der Waals surface area contributed by atoms with Crippen LogP contribution in [0.15, 0.2) is 48.5 Å². The van der Waals surface area contributed by atoms with E-state index in [2.05, 4.69) is 12.0 Å². The lowest BCUT2D eigenvalue weighted by atomic mass is 10.0. The highest BCUT2D eigenvalue weighted by Crippen LogP contribution is 2.30. The summed E-state index contributed by atoms with van der Waals surface area (Å²) in [5.41, 5.74) is 3.96. The van der Waals surface area contributed by atoms with E-state index in [0.29, 0.717) is 17.7 Å². The second kappa shape index (κ2) is 6.96. The van der Waals surface area contributed by atoms with Gasteiger partial charge >= 0.3 is 0 Å². The molecule has 0 saturated heterocycles. The number of hydrogen-bond donors (Lipinski definition) is 0. The van der Waals surface area contributed by atoms with Crippen LogP contribution in [0.3, 0.4) is 0 Å². The van der Waals surface area contributed by atoms with Gasteiger partial charge in [0.1, 0.15) is 0 Å². The van der Waals surface area contributed by atoms with E-state index in [-0.39, 0.29) is 5.69 Å². The standard InChI is InChI=1S/C21H15N3O2/c1-3-12-23-15(2)20(19-6-4-5-7-21(19)23)13-17(14-22)16-8-10-18(11-9-16)24(25)26/h1,4-11,13H,12H2,2H3/b17-13+. The molecule has 0 spiro atoms. The van der Waals surface area contributed by atoms with Gasteiger partial charge in [0.25, 0.3) is 5.69 Å². The van der Waals surface area contributed by atoms with Crippen molar-refractivity contribution in [3.8, 4) is 18.4 Å². The third kappa shape index (κ3) is 2.94. The van der Waals surface area contributed by atoms with Gasteiger partial charge in [-0.05, 0) is 36.8 Å². The highest BCUT2D eigenvalue weighted by Gasteiger charge is 2.13. The Kier molecular flexibility index (Phi) is 4.55. The fraction of sp³-hybridized carbons (Fsp3) is 0.0952. The van der Waals surface area contributed by atoms with E-state index in [0.717, 1.165) is 22.2 Å². The summed E-state index contributed by atoms with van der Waals surface area (Å²) in [4.78, 5) is 10.3. The topological polar surface area (TPSA) is 71.9 Å². The normalized spacial score (nSPS) is 11.1. The summed E-state index contributed by atoms with van der Waals surface area (Å²) in [6, 6.07) is 16.0. The molecule has 2 aromatic carbocycles. The van der Waals surface area contributed by atoms with Crippen LogP contribution in [0.1, 0.15) is 16.8 Å². The van der Waals surface area contributed by atoms with Gasteiger partial charge in [-0.3, -0.25) is 10.1 Å². The number of fused-ring (bicyclic) bond motifs is 1.